The number of rotatable bonds is 5. The summed E-state index contributed by atoms with van der Waals surface area (Å²) in [7, 11) is 0. The summed E-state index contributed by atoms with van der Waals surface area (Å²) in [5.41, 5.74) is 3.85. The van der Waals surface area contributed by atoms with Crippen molar-refractivity contribution in [2.45, 2.75) is 43.4 Å². The Labute approximate surface area is 149 Å². The normalized spacial score (nSPS) is 14.0. The summed E-state index contributed by atoms with van der Waals surface area (Å²) < 4.78 is 5.08. The number of esters is 1. The van der Waals surface area contributed by atoms with Crippen LogP contribution in [0.2, 0.25) is 0 Å². The van der Waals surface area contributed by atoms with Crippen molar-refractivity contribution in [2.24, 2.45) is 0 Å². The van der Waals surface area contributed by atoms with E-state index in [4.69, 9.17) is 9.72 Å². The highest BCUT2D eigenvalue weighted by molar-refractivity contribution is 8.00. The molecule has 24 heavy (non-hydrogen) atoms. The van der Waals surface area contributed by atoms with E-state index in [9.17, 15) is 10.1 Å². The van der Waals surface area contributed by atoms with Gasteiger partial charge >= 0.3 is 5.97 Å². The Hall–Kier alpha value is -1.84. The lowest BCUT2D eigenvalue weighted by Gasteiger charge is -2.15. The first-order valence-electron chi connectivity index (χ1n) is 7.98. The number of aryl methyl sites for hydroxylation is 1. The summed E-state index contributed by atoms with van der Waals surface area (Å²) in [6.45, 7) is 3.94. The van der Waals surface area contributed by atoms with Crippen LogP contribution in [0.4, 0.5) is 0 Å². The van der Waals surface area contributed by atoms with E-state index < -0.39 is 0 Å². The van der Waals surface area contributed by atoms with Gasteiger partial charge in [-0.05, 0) is 50.1 Å². The highest BCUT2D eigenvalue weighted by Crippen LogP contribution is 2.40. The number of hydrogen-bond donors (Lipinski definition) is 0. The van der Waals surface area contributed by atoms with Crippen LogP contribution in [0.25, 0.3) is 10.4 Å². The maximum atomic E-state index is 11.9. The number of thioether (sulfide) groups is 1. The van der Waals surface area contributed by atoms with Crippen molar-refractivity contribution in [3.63, 3.8) is 0 Å². The van der Waals surface area contributed by atoms with Gasteiger partial charge in [0, 0.05) is 16.1 Å². The minimum atomic E-state index is -0.389. The van der Waals surface area contributed by atoms with Gasteiger partial charge in [0.2, 0.25) is 0 Å². The zero-order chi connectivity index (χ0) is 17.1. The van der Waals surface area contributed by atoms with Crippen LogP contribution in [0.5, 0.6) is 0 Å². The standard InChI is InChI=1S/C18H18N2O2S2/c1-3-22-18(21)11(2)24-17-13(10-19)16(15-8-5-9-23-15)12-6-4-7-14(12)20-17/h5,8-9,11H,3-4,6-7H2,1-2H3/t11-/m0/s1. The van der Waals surface area contributed by atoms with Crippen molar-refractivity contribution in [1.82, 2.24) is 4.98 Å². The fraction of sp³-hybridized carbons (Fsp3) is 0.389. The van der Waals surface area contributed by atoms with E-state index in [1.54, 1.807) is 25.2 Å². The molecule has 4 nitrogen and oxygen atoms in total. The molecule has 2 heterocycles. The quantitative estimate of drug-likeness (QED) is 0.592. The molecular weight excluding hydrogens is 340 g/mol. The Kier molecular flexibility index (Phi) is 5.22. The van der Waals surface area contributed by atoms with Crippen molar-refractivity contribution in [1.29, 1.82) is 5.26 Å². The van der Waals surface area contributed by atoms with Gasteiger partial charge in [-0.3, -0.25) is 4.79 Å². The van der Waals surface area contributed by atoms with Gasteiger partial charge in [0.1, 0.15) is 16.3 Å². The Balaban J connectivity index is 2.06. The third-order valence-corrected chi connectivity index (χ3v) is 5.93. The smallest absolute Gasteiger partial charge is 0.319 e. The Morgan fingerprint density at radius 1 is 1.54 bits per heavy atom. The zero-order valence-corrected chi connectivity index (χ0v) is 15.3. The third-order valence-electron chi connectivity index (χ3n) is 3.98. The molecule has 0 N–H and O–H groups in total. The number of fused-ring (bicyclic) bond motifs is 1. The molecule has 0 aromatic carbocycles. The Bertz CT molecular complexity index is 794. The van der Waals surface area contributed by atoms with Crippen LogP contribution in [0.15, 0.2) is 22.5 Å². The van der Waals surface area contributed by atoms with E-state index in [0.29, 0.717) is 17.2 Å². The molecule has 0 saturated heterocycles. The maximum absolute atomic E-state index is 11.9. The van der Waals surface area contributed by atoms with Crippen molar-refractivity contribution >= 4 is 29.1 Å². The Morgan fingerprint density at radius 2 is 2.38 bits per heavy atom. The summed E-state index contributed by atoms with van der Waals surface area (Å²) in [4.78, 5) is 17.8. The first-order valence-corrected chi connectivity index (χ1v) is 9.74. The summed E-state index contributed by atoms with van der Waals surface area (Å²) in [5.74, 6) is -0.272. The van der Waals surface area contributed by atoms with Gasteiger partial charge < -0.3 is 4.74 Å². The van der Waals surface area contributed by atoms with Gasteiger partial charge in [-0.25, -0.2) is 4.98 Å². The van der Waals surface area contributed by atoms with Crippen LogP contribution in [0, 0.1) is 11.3 Å². The molecule has 0 unspecified atom stereocenters. The lowest BCUT2D eigenvalue weighted by Crippen LogP contribution is -2.17. The minimum Gasteiger partial charge on any atom is -0.465 e. The molecule has 0 bridgehead atoms. The minimum absolute atomic E-state index is 0.272. The number of nitriles is 1. The topological polar surface area (TPSA) is 63.0 Å². The molecule has 6 heteroatoms. The second kappa shape index (κ2) is 7.37. The van der Waals surface area contributed by atoms with Gasteiger partial charge in [0.15, 0.2) is 0 Å². The Morgan fingerprint density at radius 3 is 3.04 bits per heavy atom. The molecule has 0 saturated carbocycles. The number of thiophene rings is 1. The predicted molar refractivity (Wildman–Crippen MR) is 96.2 cm³/mol. The summed E-state index contributed by atoms with van der Waals surface area (Å²) in [5, 5.41) is 12.0. The second-order valence-electron chi connectivity index (χ2n) is 5.55. The van der Waals surface area contributed by atoms with Gasteiger partial charge in [0.05, 0.1) is 12.2 Å². The highest BCUT2D eigenvalue weighted by atomic mass is 32.2. The number of carbonyl (C=O) groups excluding carboxylic acids is 1. The molecule has 2 aromatic heterocycles. The molecule has 0 fully saturated rings. The van der Waals surface area contributed by atoms with Crippen LogP contribution < -0.4 is 0 Å². The summed E-state index contributed by atoms with van der Waals surface area (Å²) >= 11 is 2.95. The SMILES string of the molecule is CCOC(=O)[C@H](C)Sc1nc2c(c(-c3cccs3)c1C#N)CCC2. The lowest BCUT2D eigenvalue weighted by atomic mass is 10.0. The van der Waals surface area contributed by atoms with Crippen LogP contribution in [-0.2, 0) is 22.4 Å². The van der Waals surface area contributed by atoms with E-state index in [0.717, 1.165) is 35.4 Å². The van der Waals surface area contributed by atoms with Gasteiger partial charge in [-0.15, -0.1) is 11.3 Å². The van der Waals surface area contributed by atoms with Crippen molar-refractivity contribution < 1.29 is 9.53 Å². The van der Waals surface area contributed by atoms with Crippen LogP contribution in [0.3, 0.4) is 0 Å². The maximum Gasteiger partial charge on any atom is 0.319 e. The fourth-order valence-corrected chi connectivity index (χ4v) is 4.65. The lowest BCUT2D eigenvalue weighted by molar-refractivity contribution is -0.142. The number of carbonyl (C=O) groups is 1. The van der Waals surface area contributed by atoms with Gasteiger partial charge in [0.25, 0.3) is 0 Å². The summed E-state index contributed by atoms with van der Waals surface area (Å²) in [6.07, 6.45) is 2.95. The molecular formula is C18H18N2O2S2. The molecule has 3 rings (SSSR count). The van der Waals surface area contributed by atoms with E-state index in [-0.39, 0.29) is 11.2 Å². The summed E-state index contributed by atoms with van der Waals surface area (Å²) in [6, 6.07) is 6.37. The van der Waals surface area contributed by atoms with Crippen molar-refractivity contribution in [3.05, 3.63) is 34.3 Å². The number of aromatic nitrogens is 1. The predicted octanol–water partition coefficient (Wildman–Crippen LogP) is 4.21. The fourth-order valence-electron chi connectivity index (χ4n) is 2.91. The third kappa shape index (κ3) is 3.19. The van der Waals surface area contributed by atoms with Crippen molar-refractivity contribution in [2.75, 3.05) is 6.61 Å². The van der Waals surface area contributed by atoms with Crippen LogP contribution >= 0.6 is 23.1 Å². The number of ether oxygens (including phenoxy) is 1. The van der Waals surface area contributed by atoms with E-state index in [2.05, 4.69) is 6.07 Å². The molecule has 0 aliphatic heterocycles. The average molecular weight is 358 g/mol. The molecule has 1 atom stereocenters. The molecule has 0 spiro atoms. The highest BCUT2D eigenvalue weighted by Gasteiger charge is 2.27. The van der Waals surface area contributed by atoms with Crippen molar-refractivity contribution in [3.8, 4) is 16.5 Å². The monoisotopic (exact) mass is 358 g/mol. The molecule has 124 valence electrons. The van der Waals surface area contributed by atoms with E-state index in [1.165, 1.54) is 17.3 Å². The number of hydrogen-bond acceptors (Lipinski definition) is 6. The van der Waals surface area contributed by atoms with Crippen LogP contribution in [-0.4, -0.2) is 22.8 Å². The van der Waals surface area contributed by atoms with Gasteiger partial charge in [-0.1, -0.05) is 17.8 Å². The van der Waals surface area contributed by atoms with Gasteiger partial charge in [-0.2, -0.15) is 5.26 Å². The first kappa shape index (κ1) is 17.0. The van der Waals surface area contributed by atoms with E-state index in [1.807, 2.05) is 17.5 Å². The van der Waals surface area contributed by atoms with Crippen LogP contribution in [0.1, 0.15) is 37.1 Å². The average Bonchev–Trinajstić information content (AvgIpc) is 3.25. The molecule has 1 aliphatic rings. The van der Waals surface area contributed by atoms with E-state index >= 15 is 0 Å². The number of pyridine rings is 1. The molecule has 0 amide bonds. The largest absolute Gasteiger partial charge is 0.465 e. The zero-order valence-electron chi connectivity index (χ0n) is 13.7. The molecule has 1 aliphatic carbocycles. The molecule has 0 radical (unpaired) electrons. The first-order chi connectivity index (χ1) is 11.7. The molecule has 2 aromatic rings. The number of nitrogens with zero attached hydrogens (tertiary/aromatic N) is 2. The second-order valence-corrected chi connectivity index (χ2v) is 7.82.